The summed E-state index contributed by atoms with van der Waals surface area (Å²) in [6, 6.07) is 24.5. The zero-order valence-corrected chi connectivity index (χ0v) is 19.1. The summed E-state index contributed by atoms with van der Waals surface area (Å²) < 4.78 is 5.91. The van der Waals surface area contributed by atoms with Gasteiger partial charge >= 0.3 is 0 Å². The molecule has 1 aromatic heterocycles. The molecule has 5 nitrogen and oxygen atoms in total. The Morgan fingerprint density at radius 3 is 2.70 bits per heavy atom. The van der Waals surface area contributed by atoms with Gasteiger partial charge in [0.25, 0.3) is 5.91 Å². The zero-order valence-electron chi connectivity index (χ0n) is 17.6. The van der Waals surface area contributed by atoms with E-state index in [1.807, 2.05) is 67.6 Å². The summed E-state index contributed by atoms with van der Waals surface area (Å²) in [6.45, 7) is 2.00. The van der Waals surface area contributed by atoms with Gasteiger partial charge in [-0.1, -0.05) is 54.1 Å². The summed E-state index contributed by atoms with van der Waals surface area (Å²) in [6.07, 6.45) is 0. The lowest BCUT2D eigenvalue weighted by Crippen LogP contribution is -2.34. The van der Waals surface area contributed by atoms with Crippen LogP contribution in [0.5, 0.6) is 0 Å². The standard InChI is InChI=1S/C26H18ClN3O2S/c1-15-9-12-21-23(13-15)32-25(28-21)17-10-11-20(27)22(14-17)29-26(33)30-24(31)19-8-4-6-16-5-2-3-7-18(16)19/h2-14H,1H3,(H2,29,30,31,33). The first-order valence-corrected chi connectivity index (χ1v) is 11.0. The second kappa shape index (κ2) is 8.65. The van der Waals surface area contributed by atoms with E-state index in [4.69, 9.17) is 28.2 Å². The second-order valence-corrected chi connectivity index (χ2v) is 8.44. The Labute approximate surface area is 200 Å². The van der Waals surface area contributed by atoms with E-state index in [0.29, 0.717) is 27.7 Å². The number of nitrogens with zero attached hydrogens (tertiary/aromatic N) is 1. The van der Waals surface area contributed by atoms with Crippen molar-refractivity contribution in [1.29, 1.82) is 0 Å². The Morgan fingerprint density at radius 1 is 1.00 bits per heavy atom. The molecule has 0 saturated carbocycles. The highest BCUT2D eigenvalue weighted by Crippen LogP contribution is 2.30. The van der Waals surface area contributed by atoms with Gasteiger partial charge in [0.15, 0.2) is 10.7 Å². The molecule has 0 unspecified atom stereocenters. The fourth-order valence-corrected chi connectivity index (χ4v) is 4.02. The smallest absolute Gasteiger partial charge is 0.258 e. The highest BCUT2D eigenvalue weighted by atomic mass is 35.5. The molecule has 0 aliphatic heterocycles. The van der Waals surface area contributed by atoms with Gasteiger partial charge in [0.2, 0.25) is 5.89 Å². The summed E-state index contributed by atoms with van der Waals surface area (Å²) >= 11 is 11.8. The Kier molecular flexibility index (Phi) is 5.54. The number of rotatable bonds is 3. The van der Waals surface area contributed by atoms with Gasteiger partial charge in [-0.15, -0.1) is 0 Å². The number of hydrogen-bond acceptors (Lipinski definition) is 4. The highest BCUT2D eigenvalue weighted by Gasteiger charge is 2.14. The van der Waals surface area contributed by atoms with Crippen molar-refractivity contribution in [3.05, 3.63) is 95.0 Å². The van der Waals surface area contributed by atoms with Crippen molar-refractivity contribution in [3.63, 3.8) is 0 Å². The minimum atomic E-state index is -0.300. The van der Waals surface area contributed by atoms with Gasteiger partial charge in [-0.3, -0.25) is 10.1 Å². The van der Waals surface area contributed by atoms with Crippen molar-refractivity contribution >= 4 is 62.4 Å². The summed E-state index contributed by atoms with van der Waals surface area (Å²) in [5, 5.41) is 8.17. The fourth-order valence-electron chi connectivity index (χ4n) is 3.66. The number of carbonyl (C=O) groups is 1. The van der Waals surface area contributed by atoms with Crippen molar-refractivity contribution in [2.24, 2.45) is 0 Å². The zero-order chi connectivity index (χ0) is 22.9. The lowest BCUT2D eigenvalue weighted by Gasteiger charge is -2.12. The first-order chi connectivity index (χ1) is 16.0. The summed E-state index contributed by atoms with van der Waals surface area (Å²) in [7, 11) is 0. The lowest BCUT2D eigenvalue weighted by molar-refractivity contribution is 0.0979. The molecule has 1 heterocycles. The molecule has 0 aliphatic carbocycles. The molecular weight excluding hydrogens is 454 g/mol. The van der Waals surface area contributed by atoms with Crippen molar-refractivity contribution in [2.45, 2.75) is 6.92 Å². The molecule has 7 heteroatoms. The first-order valence-electron chi connectivity index (χ1n) is 10.3. The number of benzene rings is 4. The molecule has 162 valence electrons. The third-order valence-electron chi connectivity index (χ3n) is 5.27. The lowest BCUT2D eigenvalue weighted by atomic mass is 10.0. The quantitative estimate of drug-likeness (QED) is 0.285. The van der Waals surface area contributed by atoms with Crippen LogP contribution in [0.3, 0.4) is 0 Å². The average Bonchev–Trinajstić information content (AvgIpc) is 3.23. The maximum absolute atomic E-state index is 12.9. The van der Waals surface area contributed by atoms with Crippen LogP contribution < -0.4 is 10.6 Å². The van der Waals surface area contributed by atoms with Crippen LogP contribution in [-0.2, 0) is 0 Å². The Hall–Kier alpha value is -3.74. The largest absolute Gasteiger partial charge is 0.436 e. The molecule has 0 spiro atoms. The van der Waals surface area contributed by atoms with Gasteiger partial charge in [-0.05, 0) is 71.9 Å². The molecule has 0 bridgehead atoms. The normalized spacial score (nSPS) is 11.0. The maximum Gasteiger partial charge on any atom is 0.258 e. The average molecular weight is 472 g/mol. The van der Waals surface area contributed by atoms with E-state index < -0.39 is 0 Å². The first kappa shape index (κ1) is 21.1. The predicted octanol–water partition coefficient (Wildman–Crippen LogP) is 6.74. The van der Waals surface area contributed by atoms with E-state index in [-0.39, 0.29) is 11.0 Å². The van der Waals surface area contributed by atoms with E-state index >= 15 is 0 Å². The Bertz CT molecular complexity index is 1540. The monoisotopic (exact) mass is 471 g/mol. The van der Waals surface area contributed by atoms with Crippen molar-refractivity contribution < 1.29 is 9.21 Å². The number of amides is 1. The number of thiocarbonyl (C=S) groups is 1. The van der Waals surface area contributed by atoms with Gasteiger partial charge in [0.05, 0.1) is 10.7 Å². The van der Waals surface area contributed by atoms with Gasteiger partial charge in [-0.2, -0.15) is 0 Å². The molecule has 0 radical (unpaired) electrons. The van der Waals surface area contributed by atoms with Crippen LogP contribution in [0.4, 0.5) is 5.69 Å². The molecule has 0 aliphatic rings. The van der Waals surface area contributed by atoms with Gasteiger partial charge in [-0.25, -0.2) is 4.98 Å². The fraction of sp³-hybridized carbons (Fsp3) is 0.0385. The maximum atomic E-state index is 12.9. The molecule has 5 rings (SSSR count). The van der Waals surface area contributed by atoms with Crippen LogP contribution >= 0.6 is 23.8 Å². The van der Waals surface area contributed by atoms with E-state index in [2.05, 4.69) is 15.6 Å². The summed E-state index contributed by atoms with van der Waals surface area (Å²) in [4.78, 5) is 17.4. The third kappa shape index (κ3) is 4.31. The number of hydrogen-bond donors (Lipinski definition) is 2. The van der Waals surface area contributed by atoms with Crippen LogP contribution in [0.1, 0.15) is 15.9 Å². The number of oxazole rings is 1. The number of nitrogens with one attached hydrogen (secondary N) is 2. The summed E-state index contributed by atoms with van der Waals surface area (Å²) in [5.74, 6) is 0.173. The summed E-state index contributed by atoms with van der Waals surface area (Å²) in [5.41, 5.74) is 4.40. The van der Waals surface area contributed by atoms with E-state index in [1.165, 1.54) is 0 Å². The van der Waals surface area contributed by atoms with Gasteiger partial charge in [0, 0.05) is 11.1 Å². The van der Waals surface area contributed by atoms with Crippen molar-refractivity contribution in [3.8, 4) is 11.5 Å². The van der Waals surface area contributed by atoms with Crippen LogP contribution in [0.25, 0.3) is 33.3 Å². The minimum absolute atomic E-state index is 0.139. The Balaban J connectivity index is 1.37. The predicted molar refractivity (Wildman–Crippen MR) is 137 cm³/mol. The minimum Gasteiger partial charge on any atom is -0.436 e. The molecule has 0 atom stereocenters. The Morgan fingerprint density at radius 2 is 1.82 bits per heavy atom. The van der Waals surface area contributed by atoms with Crippen molar-refractivity contribution in [1.82, 2.24) is 10.3 Å². The molecule has 0 fully saturated rings. The van der Waals surface area contributed by atoms with E-state index in [9.17, 15) is 4.79 Å². The van der Waals surface area contributed by atoms with Crippen LogP contribution in [-0.4, -0.2) is 16.0 Å². The molecular formula is C26H18ClN3O2S. The van der Waals surface area contributed by atoms with Crippen molar-refractivity contribution in [2.75, 3.05) is 5.32 Å². The number of aromatic nitrogens is 1. The van der Waals surface area contributed by atoms with E-state index in [1.54, 1.807) is 18.2 Å². The molecule has 2 N–H and O–H groups in total. The second-order valence-electron chi connectivity index (χ2n) is 7.62. The molecule has 5 aromatic rings. The number of halogens is 1. The molecule has 33 heavy (non-hydrogen) atoms. The highest BCUT2D eigenvalue weighted by molar-refractivity contribution is 7.80. The van der Waals surface area contributed by atoms with Crippen LogP contribution in [0.2, 0.25) is 5.02 Å². The van der Waals surface area contributed by atoms with Crippen LogP contribution in [0.15, 0.2) is 83.3 Å². The molecule has 0 saturated heterocycles. The topological polar surface area (TPSA) is 67.2 Å². The number of aryl methyl sites for hydroxylation is 1. The third-order valence-corrected chi connectivity index (χ3v) is 5.80. The van der Waals surface area contributed by atoms with E-state index in [0.717, 1.165) is 27.4 Å². The van der Waals surface area contributed by atoms with Gasteiger partial charge < -0.3 is 9.73 Å². The number of carbonyl (C=O) groups excluding carboxylic acids is 1. The van der Waals surface area contributed by atoms with Crippen LogP contribution in [0, 0.1) is 6.92 Å². The molecule has 1 amide bonds. The SMILES string of the molecule is Cc1ccc2nc(-c3ccc(Cl)c(NC(=S)NC(=O)c4cccc5ccccc45)c3)oc2c1. The molecule has 4 aromatic carbocycles. The number of fused-ring (bicyclic) bond motifs is 2. The van der Waals surface area contributed by atoms with Gasteiger partial charge in [0.1, 0.15) is 5.52 Å². The number of anilines is 1.